The fourth-order valence-electron chi connectivity index (χ4n) is 2.42. The van der Waals surface area contributed by atoms with E-state index in [0.717, 1.165) is 23.8 Å². The Balaban J connectivity index is 1.83. The molecule has 6 nitrogen and oxygen atoms in total. The predicted octanol–water partition coefficient (Wildman–Crippen LogP) is 0.792. The van der Waals surface area contributed by atoms with E-state index in [4.69, 9.17) is 4.74 Å². The van der Waals surface area contributed by atoms with Gasteiger partial charge in [0, 0.05) is 30.4 Å². The zero-order valence-corrected chi connectivity index (χ0v) is 15.0. The van der Waals surface area contributed by atoms with Gasteiger partial charge in [0.25, 0.3) is 0 Å². The highest BCUT2D eigenvalue weighted by molar-refractivity contribution is 7.09. The number of nitrogens with zero attached hydrogens (tertiary/aromatic N) is 2. The Kier molecular flexibility index (Phi) is 6.52. The van der Waals surface area contributed by atoms with Crippen molar-refractivity contribution in [3.63, 3.8) is 0 Å². The van der Waals surface area contributed by atoms with Crippen molar-refractivity contribution in [2.45, 2.75) is 38.6 Å². The van der Waals surface area contributed by atoms with Crippen LogP contribution in [0.4, 0.5) is 0 Å². The number of carbonyl (C=O) groups excluding carboxylic acids is 1. The molecular weight excluding hydrogens is 314 g/mol. The van der Waals surface area contributed by atoms with Crippen molar-refractivity contribution in [3.8, 4) is 0 Å². The lowest BCUT2D eigenvalue weighted by Gasteiger charge is -2.30. The number of rotatable bonds is 6. The molecule has 1 aromatic heterocycles. The Morgan fingerprint density at radius 1 is 1.48 bits per heavy atom. The minimum Gasteiger partial charge on any atom is -0.394 e. The molecule has 0 bridgehead atoms. The van der Waals surface area contributed by atoms with Gasteiger partial charge in [-0.2, -0.15) is 0 Å². The van der Waals surface area contributed by atoms with Crippen LogP contribution in [0.25, 0.3) is 0 Å². The smallest absolute Gasteiger partial charge is 0.226 e. The van der Waals surface area contributed by atoms with Crippen LogP contribution in [0.3, 0.4) is 0 Å². The van der Waals surface area contributed by atoms with Gasteiger partial charge in [0.05, 0.1) is 43.0 Å². The van der Waals surface area contributed by atoms with E-state index in [1.807, 2.05) is 5.38 Å². The first-order valence-electron chi connectivity index (χ1n) is 8.03. The summed E-state index contributed by atoms with van der Waals surface area (Å²) in [6.07, 6.45) is 0.256. The van der Waals surface area contributed by atoms with Gasteiger partial charge in [-0.25, -0.2) is 4.98 Å². The Morgan fingerprint density at radius 3 is 2.74 bits per heavy atom. The maximum atomic E-state index is 12.2. The van der Waals surface area contributed by atoms with Crippen LogP contribution in [0.5, 0.6) is 0 Å². The molecule has 1 aliphatic rings. The zero-order valence-electron chi connectivity index (χ0n) is 14.2. The summed E-state index contributed by atoms with van der Waals surface area (Å²) >= 11 is 1.59. The van der Waals surface area contributed by atoms with E-state index in [1.165, 1.54) is 0 Å². The molecule has 2 N–H and O–H groups in total. The van der Waals surface area contributed by atoms with E-state index < -0.39 is 0 Å². The molecule has 0 saturated carbocycles. The second-order valence-corrected chi connectivity index (χ2v) is 7.79. The summed E-state index contributed by atoms with van der Waals surface area (Å²) < 4.78 is 5.31. The number of aliphatic hydroxyl groups is 1. The van der Waals surface area contributed by atoms with Gasteiger partial charge >= 0.3 is 0 Å². The van der Waals surface area contributed by atoms with Gasteiger partial charge in [0.1, 0.15) is 0 Å². The number of nitrogens with one attached hydrogen (secondary N) is 1. The summed E-state index contributed by atoms with van der Waals surface area (Å²) in [6.45, 7) is 10.0. The van der Waals surface area contributed by atoms with Crippen LogP contribution in [-0.2, 0) is 21.4 Å². The molecule has 1 fully saturated rings. The van der Waals surface area contributed by atoms with Gasteiger partial charge in [-0.1, -0.05) is 20.8 Å². The molecule has 0 spiro atoms. The number of amides is 1. The fraction of sp³-hybridized carbons (Fsp3) is 0.750. The Hall–Kier alpha value is -1.02. The molecule has 130 valence electrons. The van der Waals surface area contributed by atoms with Gasteiger partial charge < -0.3 is 15.2 Å². The molecule has 1 saturated heterocycles. The standard InChI is InChI=1S/C16H27N3O3S/c1-16(2,3)15-18-12(11-23-15)8-14(21)17-13(10-20)9-19-4-6-22-7-5-19/h11,13,20H,4-10H2,1-3H3,(H,17,21). The highest BCUT2D eigenvalue weighted by atomic mass is 32.1. The second kappa shape index (κ2) is 8.19. The number of hydrogen-bond donors (Lipinski definition) is 2. The summed E-state index contributed by atoms with van der Waals surface area (Å²) in [5, 5.41) is 15.4. The molecule has 7 heteroatoms. The van der Waals surface area contributed by atoms with Gasteiger partial charge in [-0.05, 0) is 0 Å². The first-order chi connectivity index (χ1) is 10.9. The second-order valence-electron chi connectivity index (χ2n) is 6.93. The summed E-state index contributed by atoms with van der Waals surface area (Å²) in [5.41, 5.74) is 0.795. The first-order valence-corrected chi connectivity index (χ1v) is 8.91. The van der Waals surface area contributed by atoms with Crippen LogP contribution < -0.4 is 5.32 Å². The van der Waals surface area contributed by atoms with E-state index in [-0.39, 0.29) is 30.4 Å². The molecule has 1 atom stereocenters. The Morgan fingerprint density at radius 2 is 2.17 bits per heavy atom. The van der Waals surface area contributed by atoms with Crippen LogP contribution in [0.2, 0.25) is 0 Å². The van der Waals surface area contributed by atoms with Crippen LogP contribution in [-0.4, -0.2) is 66.4 Å². The number of thiazole rings is 1. The third kappa shape index (κ3) is 5.84. The normalized spacial score (nSPS) is 17.9. The SMILES string of the molecule is CC(C)(C)c1nc(CC(=O)NC(CO)CN2CCOCC2)cs1. The quantitative estimate of drug-likeness (QED) is 0.800. The summed E-state index contributed by atoms with van der Waals surface area (Å²) in [4.78, 5) is 18.9. The van der Waals surface area contributed by atoms with Crippen molar-refractivity contribution >= 4 is 17.2 Å². The summed E-state index contributed by atoms with van der Waals surface area (Å²) in [7, 11) is 0. The highest BCUT2D eigenvalue weighted by Crippen LogP contribution is 2.25. The van der Waals surface area contributed by atoms with Crippen LogP contribution in [0.15, 0.2) is 5.38 Å². The third-order valence-electron chi connectivity index (χ3n) is 3.70. The van der Waals surface area contributed by atoms with Crippen LogP contribution in [0.1, 0.15) is 31.5 Å². The molecule has 1 aromatic rings. The van der Waals surface area contributed by atoms with Crippen molar-refractivity contribution < 1.29 is 14.6 Å². The van der Waals surface area contributed by atoms with E-state index in [2.05, 4.69) is 36.0 Å². The average molecular weight is 341 g/mol. The molecular formula is C16H27N3O3S. The lowest BCUT2D eigenvalue weighted by molar-refractivity contribution is -0.121. The fourth-order valence-corrected chi connectivity index (χ4v) is 3.33. The molecule has 1 unspecified atom stereocenters. The molecule has 2 rings (SSSR count). The molecule has 0 aromatic carbocycles. The number of morpholine rings is 1. The molecule has 1 amide bonds. The average Bonchev–Trinajstić information content (AvgIpc) is 2.96. The van der Waals surface area contributed by atoms with E-state index >= 15 is 0 Å². The van der Waals surface area contributed by atoms with Gasteiger partial charge in [0.2, 0.25) is 5.91 Å². The van der Waals surface area contributed by atoms with Crippen molar-refractivity contribution in [1.82, 2.24) is 15.2 Å². The summed E-state index contributed by atoms with van der Waals surface area (Å²) in [5.74, 6) is -0.0944. The van der Waals surface area contributed by atoms with Crippen molar-refractivity contribution in [2.24, 2.45) is 0 Å². The van der Waals surface area contributed by atoms with E-state index in [9.17, 15) is 9.90 Å². The van der Waals surface area contributed by atoms with Crippen LogP contribution >= 0.6 is 11.3 Å². The first kappa shape index (κ1) is 18.3. The minimum absolute atomic E-state index is 0.00333. The minimum atomic E-state index is -0.249. The van der Waals surface area contributed by atoms with Crippen molar-refractivity contribution in [1.29, 1.82) is 0 Å². The number of hydrogen-bond acceptors (Lipinski definition) is 6. The van der Waals surface area contributed by atoms with Crippen LogP contribution in [0, 0.1) is 0 Å². The van der Waals surface area contributed by atoms with Gasteiger partial charge in [-0.3, -0.25) is 9.69 Å². The lowest BCUT2D eigenvalue weighted by Crippen LogP contribution is -2.49. The van der Waals surface area contributed by atoms with Crippen molar-refractivity contribution in [3.05, 3.63) is 16.1 Å². The molecule has 0 aliphatic carbocycles. The van der Waals surface area contributed by atoms with E-state index in [1.54, 1.807) is 11.3 Å². The molecule has 23 heavy (non-hydrogen) atoms. The maximum Gasteiger partial charge on any atom is 0.226 e. The predicted molar refractivity (Wildman–Crippen MR) is 90.8 cm³/mol. The van der Waals surface area contributed by atoms with Crippen molar-refractivity contribution in [2.75, 3.05) is 39.5 Å². The Bertz CT molecular complexity index is 507. The third-order valence-corrected chi connectivity index (χ3v) is 5.02. The zero-order chi connectivity index (χ0) is 16.9. The molecule has 2 heterocycles. The topological polar surface area (TPSA) is 74.7 Å². The van der Waals surface area contributed by atoms with E-state index in [0.29, 0.717) is 19.8 Å². The highest BCUT2D eigenvalue weighted by Gasteiger charge is 2.21. The largest absolute Gasteiger partial charge is 0.394 e. The lowest BCUT2D eigenvalue weighted by atomic mass is 9.98. The maximum absolute atomic E-state index is 12.2. The number of ether oxygens (including phenoxy) is 1. The number of aromatic nitrogens is 1. The molecule has 0 radical (unpaired) electrons. The number of aliphatic hydroxyl groups excluding tert-OH is 1. The van der Waals surface area contributed by atoms with Gasteiger partial charge in [0.15, 0.2) is 0 Å². The molecule has 1 aliphatic heterocycles. The Labute approximate surface area is 141 Å². The summed E-state index contributed by atoms with van der Waals surface area (Å²) in [6, 6.07) is -0.249. The monoisotopic (exact) mass is 341 g/mol. The van der Waals surface area contributed by atoms with Gasteiger partial charge in [-0.15, -0.1) is 11.3 Å². The number of carbonyl (C=O) groups is 1.